The standard InChI is InChI=1S/C11H19N5O/c1-8(2)6-15-9(17)7-16(3)11-10(12)13-4-5-14-11/h4-5,8H,6-7H2,1-3H3,(H2,12,13)(H,15,17). The van der Waals surface area contributed by atoms with Crippen LogP contribution in [0.3, 0.4) is 0 Å². The van der Waals surface area contributed by atoms with Gasteiger partial charge in [-0.3, -0.25) is 4.79 Å². The monoisotopic (exact) mass is 237 g/mol. The maximum Gasteiger partial charge on any atom is 0.239 e. The van der Waals surface area contributed by atoms with Gasteiger partial charge >= 0.3 is 0 Å². The fourth-order valence-electron chi connectivity index (χ4n) is 1.30. The normalized spacial score (nSPS) is 10.4. The third-order valence-corrected chi connectivity index (χ3v) is 2.16. The highest BCUT2D eigenvalue weighted by atomic mass is 16.2. The molecule has 6 heteroatoms. The van der Waals surface area contributed by atoms with E-state index in [4.69, 9.17) is 5.73 Å². The molecule has 1 aromatic heterocycles. The van der Waals surface area contributed by atoms with Crippen molar-refractivity contribution in [1.29, 1.82) is 0 Å². The van der Waals surface area contributed by atoms with Crippen molar-refractivity contribution in [1.82, 2.24) is 15.3 Å². The largest absolute Gasteiger partial charge is 0.381 e. The third kappa shape index (κ3) is 4.26. The number of anilines is 2. The van der Waals surface area contributed by atoms with E-state index in [2.05, 4.69) is 15.3 Å². The van der Waals surface area contributed by atoms with Gasteiger partial charge in [0.1, 0.15) is 0 Å². The molecule has 0 aliphatic heterocycles. The van der Waals surface area contributed by atoms with Crippen LogP contribution in [0.4, 0.5) is 11.6 Å². The van der Waals surface area contributed by atoms with Crippen LogP contribution in [0.15, 0.2) is 12.4 Å². The van der Waals surface area contributed by atoms with Gasteiger partial charge in [-0.15, -0.1) is 0 Å². The van der Waals surface area contributed by atoms with E-state index in [-0.39, 0.29) is 12.5 Å². The second-order valence-corrected chi connectivity index (χ2v) is 4.32. The first-order chi connectivity index (χ1) is 8.00. The Morgan fingerprint density at radius 2 is 2.12 bits per heavy atom. The Morgan fingerprint density at radius 1 is 1.47 bits per heavy atom. The number of nitrogens with two attached hydrogens (primary N) is 1. The molecule has 0 spiro atoms. The SMILES string of the molecule is CC(C)CNC(=O)CN(C)c1nccnc1N. The Hall–Kier alpha value is -1.85. The van der Waals surface area contributed by atoms with E-state index >= 15 is 0 Å². The van der Waals surface area contributed by atoms with Gasteiger partial charge in [0, 0.05) is 26.0 Å². The molecule has 0 unspecified atom stereocenters. The van der Waals surface area contributed by atoms with Gasteiger partial charge in [0.05, 0.1) is 6.54 Å². The van der Waals surface area contributed by atoms with Crippen LogP contribution in [0.5, 0.6) is 0 Å². The van der Waals surface area contributed by atoms with Crippen LogP contribution in [0.1, 0.15) is 13.8 Å². The number of likely N-dealkylation sites (N-methyl/N-ethyl adjacent to an activating group) is 1. The lowest BCUT2D eigenvalue weighted by atomic mass is 10.2. The summed E-state index contributed by atoms with van der Waals surface area (Å²) in [5, 5.41) is 2.83. The Morgan fingerprint density at radius 3 is 2.71 bits per heavy atom. The lowest BCUT2D eigenvalue weighted by molar-refractivity contribution is -0.119. The first-order valence-electron chi connectivity index (χ1n) is 5.55. The molecule has 0 bridgehead atoms. The van der Waals surface area contributed by atoms with E-state index in [9.17, 15) is 4.79 Å². The number of rotatable bonds is 5. The number of hydrogen-bond donors (Lipinski definition) is 2. The van der Waals surface area contributed by atoms with Crippen molar-refractivity contribution < 1.29 is 4.79 Å². The molecule has 17 heavy (non-hydrogen) atoms. The van der Waals surface area contributed by atoms with Crippen molar-refractivity contribution in [2.24, 2.45) is 5.92 Å². The number of carbonyl (C=O) groups excluding carboxylic acids is 1. The van der Waals surface area contributed by atoms with E-state index in [0.717, 1.165) is 0 Å². The summed E-state index contributed by atoms with van der Waals surface area (Å²) in [5.41, 5.74) is 5.67. The summed E-state index contributed by atoms with van der Waals surface area (Å²) in [6.45, 7) is 4.98. The van der Waals surface area contributed by atoms with Crippen molar-refractivity contribution >= 4 is 17.5 Å². The van der Waals surface area contributed by atoms with Gasteiger partial charge in [0.25, 0.3) is 0 Å². The third-order valence-electron chi connectivity index (χ3n) is 2.16. The molecule has 0 atom stereocenters. The number of carbonyl (C=O) groups is 1. The Bertz CT molecular complexity index is 380. The summed E-state index contributed by atoms with van der Waals surface area (Å²) >= 11 is 0. The number of amides is 1. The molecule has 94 valence electrons. The molecule has 0 radical (unpaired) electrons. The fourth-order valence-corrected chi connectivity index (χ4v) is 1.30. The molecule has 6 nitrogen and oxygen atoms in total. The highest BCUT2D eigenvalue weighted by Crippen LogP contribution is 2.13. The minimum atomic E-state index is -0.0498. The van der Waals surface area contributed by atoms with Crippen LogP contribution in [0.25, 0.3) is 0 Å². The first kappa shape index (κ1) is 13.2. The zero-order valence-electron chi connectivity index (χ0n) is 10.5. The molecule has 0 saturated carbocycles. The second kappa shape index (κ2) is 6.03. The molecule has 1 aromatic rings. The lowest BCUT2D eigenvalue weighted by Crippen LogP contribution is -2.37. The van der Waals surface area contributed by atoms with Crippen molar-refractivity contribution in [2.45, 2.75) is 13.8 Å². The molecule has 0 aliphatic rings. The van der Waals surface area contributed by atoms with Gasteiger partial charge in [-0.05, 0) is 5.92 Å². The molecule has 1 heterocycles. The lowest BCUT2D eigenvalue weighted by Gasteiger charge is -2.18. The minimum Gasteiger partial charge on any atom is -0.381 e. The van der Waals surface area contributed by atoms with Gasteiger partial charge in [-0.1, -0.05) is 13.8 Å². The van der Waals surface area contributed by atoms with E-state index < -0.39 is 0 Å². The summed E-state index contributed by atoms with van der Waals surface area (Å²) in [5.74, 6) is 1.23. The van der Waals surface area contributed by atoms with E-state index in [1.165, 1.54) is 6.20 Å². The van der Waals surface area contributed by atoms with Crippen LogP contribution in [-0.2, 0) is 4.79 Å². The number of nitrogens with zero attached hydrogens (tertiary/aromatic N) is 3. The summed E-state index contributed by atoms with van der Waals surface area (Å²) in [7, 11) is 1.76. The van der Waals surface area contributed by atoms with Crippen LogP contribution in [0.2, 0.25) is 0 Å². The molecule has 0 aromatic carbocycles. The molecular formula is C11H19N5O. The number of hydrogen-bond acceptors (Lipinski definition) is 5. The first-order valence-corrected chi connectivity index (χ1v) is 5.55. The number of nitrogen functional groups attached to an aromatic ring is 1. The minimum absolute atomic E-state index is 0.0498. The predicted molar refractivity (Wildman–Crippen MR) is 67.6 cm³/mol. The van der Waals surface area contributed by atoms with Crippen molar-refractivity contribution in [3.8, 4) is 0 Å². The van der Waals surface area contributed by atoms with Gasteiger partial charge in [-0.25, -0.2) is 9.97 Å². The molecule has 0 aliphatic carbocycles. The number of aromatic nitrogens is 2. The molecule has 3 N–H and O–H groups in total. The van der Waals surface area contributed by atoms with Gasteiger partial charge in [0.15, 0.2) is 11.6 Å². The summed E-state index contributed by atoms with van der Waals surface area (Å²) in [6.07, 6.45) is 3.07. The summed E-state index contributed by atoms with van der Waals surface area (Å²) in [4.78, 5) is 21.3. The summed E-state index contributed by atoms with van der Waals surface area (Å²) in [6, 6.07) is 0. The maximum atomic E-state index is 11.6. The van der Waals surface area contributed by atoms with Crippen LogP contribution in [-0.4, -0.2) is 36.0 Å². The molecule has 1 amide bonds. The van der Waals surface area contributed by atoms with E-state index in [1.807, 2.05) is 13.8 Å². The van der Waals surface area contributed by atoms with E-state index in [0.29, 0.717) is 24.1 Å². The Kier molecular flexibility index (Phi) is 4.68. The molecular weight excluding hydrogens is 218 g/mol. The Balaban J connectivity index is 2.52. The summed E-state index contributed by atoms with van der Waals surface area (Å²) < 4.78 is 0. The fraction of sp³-hybridized carbons (Fsp3) is 0.545. The quantitative estimate of drug-likeness (QED) is 0.767. The van der Waals surface area contributed by atoms with Crippen LogP contribution in [0, 0.1) is 5.92 Å². The van der Waals surface area contributed by atoms with Crippen LogP contribution >= 0.6 is 0 Å². The molecule has 0 fully saturated rings. The van der Waals surface area contributed by atoms with Gasteiger partial charge in [0.2, 0.25) is 5.91 Å². The maximum absolute atomic E-state index is 11.6. The second-order valence-electron chi connectivity index (χ2n) is 4.32. The average molecular weight is 237 g/mol. The Labute approximate surface area is 101 Å². The van der Waals surface area contributed by atoms with Crippen molar-refractivity contribution in [2.75, 3.05) is 30.8 Å². The highest BCUT2D eigenvalue weighted by Gasteiger charge is 2.11. The van der Waals surface area contributed by atoms with Gasteiger partial charge in [-0.2, -0.15) is 0 Å². The molecule has 0 saturated heterocycles. The number of nitrogens with one attached hydrogen (secondary N) is 1. The predicted octanol–water partition coefficient (Wildman–Crippen LogP) is 0.267. The van der Waals surface area contributed by atoms with Gasteiger partial charge < -0.3 is 16.0 Å². The zero-order chi connectivity index (χ0) is 12.8. The van der Waals surface area contributed by atoms with Crippen molar-refractivity contribution in [3.05, 3.63) is 12.4 Å². The highest BCUT2D eigenvalue weighted by molar-refractivity contribution is 5.81. The average Bonchev–Trinajstić information content (AvgIpc) is 2.26. The van der Waals surface area contributed by atoms with Crippen LogP contribution < -0.4 is 16.0 Å². The zero-order valence-corrected chi connectivity index (χ0v) is 10.5. The molecule has 1 rings (SSSR count). The topological polar surface area (TPSA) is 84.1 Å². The smallest absolute Gasteiger partial charge is 0.239 e. The van der Waals surface area contributed by atoms with E-state index in [1.54, 1.807) is 18.1 Å². The van der Waals surface area contributed by atoms with Crippen molar-refractivity contribution in [3.63, 3.8) is 0 Å².